The van der Waals surface area contributed by atoms with Crippen molar-refractivity contribution in [3.05, 3.63) is 18.3 Å². The molecule has 0 fully saturated rings. The topological polar surface area (TPSA) is 68.0 Å². The van der Waals surface area contributed by atoms with E-state index in [1.807, 2.05) is 13.0 Å². The van der Waals surface area contributed by atoms with Crippen molar-refractivity contribution in [1.82, 2.24) is 10.3 Å². The second-order valence-corrected chi connectivity index (χ2v) is 4.97. The molecule has 0 saturated heterocycles. The Morgan fingerprint density at radius 2 is 2.35 bits per heavy atom. The van der Waals surface area contributed by atoms with Crippen molar-refractivity contribution in [1.29, 1.82) is 0 Å². The molecule has 1 rings (SSSR count). The molecule has 0 bridgehead atoms. The van der Waals surface area contributed by atoms with Gasteiger partial charge in [0.05, 0.1) is 22.7 Å². The Hall–Kier alpha value is -1.23. The van der Waals surface area contributed by atoms with Crippen molar-refractivity contribution in [2.24, 2.45) is 0 Å². The van der Waals surface area contributed by atoms with Crippen molar-refractivity contribution in [2.75, 3.05) is 11.5 Å². The third kappa shape index (κ3) is 5.58. The van der Waals surface area contributed by atoms with E-state index in [1.54, 1.807) is 12.3 Å². The van der Waals surface area contributed by atoms with E-state index in [0.717, 1.165) is 17.9 Å². The Labute approximate surface area is 106 Å². The van der Waals surface area contributed by atoms with Gasteiger partial charge in [0.2, 0.25) is 5.91 Å². The molecular weight excluding hydrogens is 234 g/mol. The number of aromatic nitrogens is 1. The number of rotatable bonds is 6. The molecule has 1 amide bonds. The van der Waals surface area contributed by atoms with E-state index in [-0.39, 0.29) is 11.9 Å². The van der Waals surface area contributed by atoms with Crippen LogP contribution in [0, 0.1) is 0 Å². The highest BCUT2D eigenvalue weighted by Gasteiger charge is 2.07. The number of hydrogen-bond acceptors (Lipinski definition) is 4. The molecule has 0 saturated carbocycles. The maximum absolute atomic E-state index is 11.6. The molecule has 17 heavy (non-hydrogen) atoms. The molecule has 94 valence electrons. The first-order valence-corrected chi connectivity index (χ1v) is 6.74. The van der Waals surface area contributed by atoms with E-state index in [2.05, 4.69) is 17.2 Å². The number of hydrogen-bond donors (Lipinski definition) is 2. The van der Waals surface area contributed by atoms with E-state index >= 15 is 0 Å². The van der Waals surface area contributed by atoms with Crippen LogP contribution in [0.4, 0.5) is 5.69 Å². The first-order chi connectivity index (χ1) is 8.11. The standard InChI is InChI=1S/C12H19N3OS/c1-3-4-9(2)15-11(16)8-17-12-6-5-10(13)7-14-12/h5-7,9H,3-4,8,13H2,1-2H3,(H,15,16). The summed E-state index contributed by atoms with van der Waals surface area (Å²) < 4.78 is 0. The molecule has 1 heterocycles. The number of thioether (sulfide) groups is 1. The predicted octanol–water partition coefficient (Wildman–Crippen LogP) is 2.06. The molecule has 4 nitrogen and oxygen atoms in total. The van der Waals surface area contributed by atoms with Crippen LogP contribution in [-0.4, -0.2) is 22.7 Å². The summed E-state index contributed by atoms with van der Waals surface area (Å²) in [5, 5.41) is 3.77. The zero-order chi connectivity index (χ0) is 12.7. The van der Waals surface area contributed by atoms with Crippen LogP contribution in [-0.2, 0) is 4.79 Å². The van der Waals surface area contributed by atoms with Crippen molar-refractivity contribution in [3.8, 4) is 0 Å². The quantitative estimate of drug-likeness (QED) is 0.761. The number of carbonyl (C=O) groups is 1. The van der Waals surface area contributed by atoms with Crippen LogP contribution in [0.3, 0.4) is 0 Å². The molecule has 1 aromatic heterocycles. The van der Waals surface area contributed by atoms with Gasteiger partial charge in [-0.15, -0.1) is 0 Å². The Kier molecular flexibility index (Phi) is 5.83. The summed E-state index contributed by atoms with van der Waals surface area (Å²) in [4.78, 5) is 15.7. The molecule has 0 radical (unpaired) electrons. The van der Waals surface area contributed by atoms with Crippen molar-refractivity contribution >= 4 is 23.4 Å². The van der Waals surface area contributed by atoms with E-state index < -0.39 is 0 Å². The van der Waals surface area contributed by atoms with Crippen LogP contribution in [0.15, 0.2) is 23.4 Å². The van der Waals surface area contributed by atoms with Crippen molar-refractivity contribution < 1.29 is 4.79 Å². The highest BCUT2D eigenvalue weighted by atomic mass is 32.2. The summed E-state index contributed by atoms with van der Waals surface area (Å²) in [6, 6.07) is 3.85. The lowest BCUT2D eigenvalue weighted by Gasteiger charge is -2.12. The fourth-order valence-corrected chi connectivity index (χ4v) is 2.09. The number of nitrogens with two attached hydrogens (primary N) is 1. The van der Waals surface area contributed by atoms with Gasteiger partial charge in [0.15, 0.2) is 0 Å². The summed E-state index contributed by atoms with van der Waals surface area (Å²) in [7, 11) is 0. The Morgan fingerprint density at radius 3 is 2.94 bits per heavy atom. The lowest BCUT2D eigenvalue weighted by Crippen LogP contribution is -2.33. The van der Waals surface area contributed by atoms with Crippen LogP contribution >= 0.6 is 11.8 Å². The summed E-state index contributed by atoms with van der Waals surface area (Å²) in [6.45, 7) is 4.13. The van der Waals surface area contributed by atoms with E-state index in [0.29, 0.717) is 11.4 Å². The third-order valence-corrected chi connectivity index (χ3v) is 3.18. The lowest BCUT2D eigenvalue weighted by atomic mass is 10.2. The van der Waals surface area contributed by atoms with Crippen LogP contribution in [0.1, 0.15) is 26.7 Å². The van der Waals surface area contributed by atoms with Gasteiger partial charge in [-0.2, -0.15) is 0 Å². The minimum atomic E-state index is 0.0505. The molecule has 0 aliphatic rings. The number of amides is 1. The maximum atomic E-state index is 11.6. The Balaban J connectivity index is 2.30. The zero-order valence-electron chi connectivity index (χ0n) is 10.3. The summed E-state index contributed by atoms with van der Waals surface area (Å²) in [5.74, 6) is 0.444. The molecule has 3 N–H and O–H groups in total. The molecule has 0 aromatic carbocycles. The lowest BCUT2D eigenvalue weighted by molar-refractivity contribution is -0.119. The third-order valence-electron chi connectivity index (χ3n) is 2.24. The van der Waals surface area contributed by atoms with Crippen LogP contribution in [0.2, 0.25) is 0 Å². The van der Waals surface area contributed by atoms with E-state index in [9.17, 15) is 4.79 Å². The summed E-state index contributed by atoms with van der Waals surface area (Å²) in [6.07, 6.45) is 3.69. The number of nitrogens with one attached hydrogen (secondary N) is 1. The van der Waals surface area contributed by atoms with Gasteiger partial charge in [-0.3, -0.25) is 4.79 Å². The molecule has 1 aromatic rings. The van der Waals surface area contributed by atoms with Gasteiger partial charge in [0.1, 0.15) is 0 Å². The number of pyridine rings is 1. The number of nitrogen functional groups attached to an aromatic ring is 1. The van der Waals surface area contributed by atoms with Gasteiger partial charge in [-0.1, -0.05) is 25.1 Å². The first-order valence-electron chi connectivity index (χ1n) is 5.75. The van der Waals surface area contributed by atoms with Gasteiger partial charge < -0.3 is 11.1 Å². The van der Waals surface area contributed by atoms with Gasteiger partial charge in [0, 0.05) is 6.04 Å². The molecule has 0 spiro atoms. The monoisotopic (exact) mass is 253 g/mol. The first kappa shape index (κ1) is 13.8. The fourth-order valence-electron chi connectivity index (χ4n) is 1.44. The van der Waals surface area contributed by atoms with Gasteiger partial charge in [0.25, 0.3) is 0 Å². The minimum Gasteiger partial charge on any atom is -0.397 e. The zero-order valence-corrected chi connectivity index (χ0v) is 11.1. The highest BCUT2D eigenvalue weighted by molar-refractivity contribution is 7.99. The number of carbonyl (C=O) groups excluding carboxylic acids is 1. The molecule has 5 heteroatoms. The minimum absolute atomic E-state index is 0.0505. The van der Waals surface area contributed by atoms with E-state index in [4.69, 9.17) is 5.73 Å². The SMILES string of the molecule is CCCC(C)NC(=O)CSc1ccc(N)cn1. The molecule has 0 aliphatic heterocycles. The van der Waals surface area contributed by atoms with Gasteiger partial charge in [-0.25, -0.2) is 4.98 Å². The Morgan fingerprint density at radius 1 is 1.59 bits per heavy atom. The summed E-state index contributed by atoms with van der Waals surface area (Å²) in [5.41, 5.74) is 6.17. The second kappa shape index (κ2) is 7.17. The van der Waals surface area contributed by atoms with Gasteiger partial charge >= 0.3 is 0 Å². The average Bonchev–Trinajstić information content (AvgIpc) is 2.28. The predicted molar refractivity (Wildman–Crippen MR) is 71.9 cm³/mol. The van der Waals surface area contributed by atoms with Crippen molar-refractivity contribution in [3.63, 3.8) is 0 Å². The van der Waals surface area contributed by atoms with Crippen LogP contribution < -0.4 is 11.1 Å². The molecule has 0 aliphatic carbocycles. The van der Waals surface area contributed by atoms with Crippen LogP contribution in [0.5, 0.6) is 0 Å². The normalized spacial score (nSPS) is 12.1. The van der Waals surface area contributed by atoms with E-state index in [1.165, 1.54) is 11.8 Å². The smallest absolute Gasteiger partial charge is 0.230 e. The fraction of sp³-hybridized carbons (Fsp3) is 0.500. The number of nitrogens with zero attached hydrogens (tertiary/aromatic N) is 1. The molecular formula is C12H19N3OS. The highest BCUT2D eigenvalue weighted by Crippen LogP contribution is 2.15. The largest absolute Gasteiger partial charge is 0.397 e. The summed E-state index contributed by atoms with van der Waals surface area (Å²) >= 11 is 1.42. The van der Waals surface area contributed by atoms with Crippen LogP contribution in [0.25, 0.3) is 0 Å². The Bertz CT molecular complexity index is 353. The van der Waals surface area contributed by atoms with Gasteiger partial charge in [-0.05, 0) is 25.5 Å². The average molecular weight is 253 g/mol. The maximum Gasteiger partial charge on any atom is 0.230 e. The van der Waals surface area contributed by atoms with Crippen molar-refractivity contribution in [2.45, 2.75) is 37.8 Å². The number of anilines is 1. The molecule has 1 atom stereocenters. The molecule has 1 unspecified atom stereocenters. The second-order valence-electron chi connectivity index (χ2n) is 3.98.